The van der Waals surface area contributed by atoms with Crippen molar-refractivity contribution in [2.24, 2.45) is 22.7 Å². The predicted octanol–water partition coefficient (Wildman–Crippen LogP) is 4.67. The molecule has 0 spiro atoms. The Bertz CT molecular complexity index is 873. The molecule has 1 aromatic rings. The topological polar surface area (TPSA) is 58.6 Å². The van der Waals surface area contributed by atoms with E-state index in [0.717, 1.165) is 45.2 Å². The molecule has 1 aliphatic heterocycles. The Morgan fingerprint density at radius 1 is 1.39 bits per heavy atom. The van der Waals surface area contributed by atoms with Crippen LogP contribution in [0.3, 0.4) is 0 Å². The summed E-state index contributed by atoms with van der Waals surface area (Å²) < 4.78 is 5.05. The Morgan fingerprint density at radius 2 is 2.23 bits per heavy atom. The van der Waals surface area contributed by atoms with E-state index in [1.165, 1.54) is 10.5 Å². The summed E-state index contributed by atoms with van der Waals surface area (Å²) in [6.07, 6.45) is 10.5. The maximum absolute atomic E-state index is 11.9. The molecule has 2 N–H and O–H groups in total. The van der Waals surface area contributed by atoms with Crippen molar-refractivity contribution in [3.63, 3.8) is 0 Å². The first-order valence-electron chi connectivity index (χ1n) is 11.5. The number of allylic oxidation sites excluding steroid dienone is 2. The van der Waals surface area contributed by atoms with Crippen molar-refractivity contribution >= 4 is 17.3 Å². The van der Waals surface area contributed by atoms with Gasteiger partial charge in [0.1, 0.15) is 6.61 Å². The Balaban J connectivity index is 1.50. The maximum Gasteiger partial charge on any atom is 0.338 e. The lowest BCUT2D eigenvalue weighted by Crippen LogP contribution is -2.59. The van der Waals surface area contributed by atoms with Crippen LogP contribution < -0.4 is 5.32 Å². The number of aliphatic hydroxyl groups excluding tert-OH is 1. The van der Waals surface area contributed by atoms with Crippen molar-refractivity contribution in [2.75, 3.05) is 19.7 Å². The second-order valence-corrected chi connectivity index (χ2v) is 10.9. The smallest absolute Gasteiger partial charge is 0.338 e. The van der Waals surface area contributed by atoms with E-state index in [1.807, 2.05) is 12.2 Å². The summed E-state index contributed by atoms with van der Waals surface area (Å²) >= 11 is 1.80. The summed E-state index contributed by atoms with van der Waals surface area (Å²) in [4.78, 5) is 13.3. The highest BCUT2D eigenvalue weighted by atomic mass is 32.1. The summed E-state index contributed by atoms with van der Waals surface area (Å²) in [5.41, 5.74) is 1.73. The second kappa shape index (κ2) is 9.05. The SMILES string of the molecule is C=C1CC[C@@H]2[C@](C)(CNCCc3cccs3)[C@H](O)CC[C@@]2(C)[C@@H]1/C=C/C1=CCOC1=O. The van der Waals surface area contributed by atoms with Crippen LogP contribution in [-0.4, -0.2) is 36.9 Å². The number of nitrogens with one attached hydrogen (secondary N) is 1. The van der Waals surface area contributed by atoms with Gasteiger partial charge in [0.25, 0.3) is 0 Å². The minimum absolute atomic E-state index is 0.0261. The number of thiophene rings is 1. The summed E-state index contributed by atoms with van der Waals surface area (Å²) in [7, 11) is 0. The number of rotatable bonds is 7. The second-order valence-electron chi connectivity index (χ2n) is 9.92. The minimum Gasteiger partial charge on any atom is -0.458 e. The molecule has 0 saturated heterocycles. The molecule has 31 heavy (non-hydrogen) atoms. The number of esters is 1. The van der Waals surface area contributed by atoms with Gasteiger partial charge in [-0.1, -0.05) is 44.2 Å². The van der Waals surface area contributed by atoms with Crippen LogP contribution in [0.15, 0.2) is 53.5 Å². The first-order valence-corrected chi connectivity index (χ1v) is 12.4. The van der Waals surface area contributed by atoms with Crippen LogP contribution in [0.25, 0.3) is 0 Å². The molecule has 0 amide bonds. The molecule has 2 heterocycles. The summed E-state index contributed by atoms with van der Waals surface area (Å²) in [6.45, 7) is 11.2. The van der Waals surface area contributed by atoms with E-state index in [9.17, 15) is 9.90 Å². The molecule has 4 rings (SSSR count). The molecule has 3 aliphatic rings. The van der Waals surface area contributed by atoms with Gasteiger partial charge in [-0.15, -0.1) is 11.3 Å². The van der Waals surface area contributed by atoms with Crippen LogP contribution in [0, 0.1) is 22.7 Å². The van der Waals surface area contributed by atoms with E-state index < -0.39 is 0 Å². The fourth-order valence-corrected chi connectivity index (χ4v) is 6.96. The van der Waals surface area contributed by atoms with Gasteiger partial charge in [-0.25, -0.2) is 4.79 Å². The van der Waals surface area contributed by atoms with Crippen molar-refractivity contribution in [1.82, 2.24) is 5.32 Å². The van der Waals surface area contributed by atoms with Crippen molar-refractivity contribution in [3.05, 3.63) is 58.3 Å². The zero-order valence-electron chi connectivity index (χ0n) is 18.7. The summed E-state index contributed by atoms with van der Waals surface area (Å²) in [5, 5.41) is 16.9. The fourth-order valence-electron chi connectivity index (χ4n) is 6.25. The quantitative estimate of drug-likeness (QED) is 0.367. The van der Waals surface area contributed by atoms with Gasteiger partial charge < -0.3 is 15.2 Å². The molecule has 168 valence electrons. The molecule has 1 aromatic heterocycles. The molecule has 5 atom stereocenters. The van der Waals surface area contributed by atoms with Crippen molar-refractivity contribution in [3.8, 4) is 0 Å². The third kappa shape index (κ3) is 4.33. The summed E-state index contributed by atoms with van der Waals surface area (Å²) in [6, 6.07) is 4.28. The van der Waals surface area contributed by atoms with Gasteiger partial charge in [-0.2, -0.15) is 0 Å². The van der Waals surface area contributed by atoms with E-state index in [1.54, 1.807) is 11.3 Å². The first kappa shape index (κ1) is 22.5. The van der Waals surface area contributed by atoms with E-state index >= 15 is 0 Å². The van der Waals surface area contributed by atoms with Gasteiger partial charge in [-0.3, -0.25) is 0 Å². The average Bonchev–Trinajstić information content (AvgIpc) is 3.40. The van der Waals surface area contributed by atoms with Gasteiger partial charge in [0.15, 0.2) is 0 Å². The zero-order valence-corrected chi connectivity index (χ0v) is 19.5. The Hall–Kier alpha value is -1.69. The third-order valence-electron chi connectivity index (χ3n) is 8.07. The molecule has 5 heteroatoms. The summed E-state index contributed by atoms with van der Waals surface area (Å²) in [5.74, 6) is 0.361. The maximum atomic E-state index is 11.9. The number of ether oxygens (including phenoxy) is 1. The molecule has 0 aromatic carbocycles. The van der Waals surface area contributed by atoms with Crippen LogP contribution >= 0.6 is 11.3 Å². The van der Waals surface area contributed by atoms with E-state index in [-0.39, 0.29) is 28.8 Å². The number of carbonyl (C=O) groups is 1. The Labute approximate surface area is 190 Å². The number of hydrogen-bond acceptors (Lipinski definition) is 5. The Morgan fingerprint density at radius 3 is 2.94 bits per heavy atom. The molecule has 2 saturated carbocycles. The minimum atomic E-state index is -0.302. The van der Waals surface area contributed by atoms with Crippen LogP contribution in [0.1, 0.15) is 44.4 Å². The van der Waals surface area contributed by atoms with Crippen LogP contribution in [-0.2, 0) is 16.0 Å². The first-order chi connectivity index (χ1) is 14.8. The van der Waals surface area contributed by atoms with Gasteiger partial charge in [0.2, 0.25) is 0 Å². The monoisotopic (exact) mass is 441 g/mol. The molecule has 0 radical (unpaired) electrons. The number of cyclic esters (lactones) is 1. The van der Waals surface area contributed by atoms with Gasteiger partial charge >= 0.3 is 5.97 Å². The van der Waals surface area contributed by atoms with E-state index in [2.05, 4.69) is 49.3 Å². The zero-order chi connectivity index (χ0) is 22.1. The van der Waals surface area contributed by atoms with Gasteiger partial charge in [0, 0.05) is 22.8 Å². The number of carbonyl (C=O) groups excluding carboxylic acids is 1. The fraction of sp³-hybridized carbons (Fsp3) is 0.577. The third-order valence-corrected chi connectivity index (χ3v) is 9.01. The van der Waals surface area contributed by atoms with E-state index in [0.29, 0.717) is 18.1 Å². The lowest BCUT2D eigenvalue weighted by atomic mass is 9.46. The van der Waals surface area contributed by atoms with Gasteiger partial charge in [-0.05, 0) is 67.5 Å². The van der Waals surface area contributed by atoms with Crippen LogP contribution in [0.2, 0.25) is 0 Å². The standard InChI is InChI=1S/C26H35NO3S/c1-18-6-9-22-25(2,21(18)8-7-19-12-15-30-24(19)29)13-10-23(28)26(22,3)17-27-14-11-20-5-4-16-31-20/h4-5,7-8,12,16,21-23,27-28H,1,6,9-11,13-15,17H2,2-3H3/b8-7+/t21-,22+,23-,25+,26+/m1/s1. The highest BCUT2D eigenvalue weighted by Crippen LogP contribution is 2.61. The molecular weight excluding hydrogens is 406 g/mol. The van der Waals surface area contributed by atoms with Crippen LogP contribution in [0.5, 0.6) is 0 Å². The molecule has 2 fully saturated rings. The van der Waals surface area contributed by atoms with Crippen LogP contribution in [0.4, 0.5) is 0 Å². The number of fused-ring (bicyclic) bond motifs is 1. The van der Waals surface area contributed by atoms with Crippen molar-refractivity contribution < 1.29 is 14.6 Å². The number of aliphatic hydroxyl groups is 1. The molecule has 4 nitrogen and oxygen atoms in total. The largest absolute Gasteiger partial charge is 0.458 e. The number of hydrogen-bond donors (Lipinski definition) is 2. The van der Waals surface area contributed by atoms with E-state index in [4.69, 9.17) is 4.74 Å². The normalized spacial score (nSPS) is 35.8. The van der Waals surface area contributed by atoms with Gasteiger partial charge in [0.05, 0.1) is 11.7 Å². The lowest BCUT2D eigenvalue weighted by molar-refractivity contribution is -0.135. The average molecular weight is 442 g/mol. The highest BCUT2D eigenvalue weighted by Gasteiger charge is 2.57. The molecule has 0 unspecified atom stereocenters. The highest BCUT2D eigenvalue weighted by molar-refractivity contribution is 7.09. The molecule has 2 aliphatic carbocycles. The molecule has 0 bridgehead atoms. The van der Waals surface area contributed by atoms with Crippen molar-refractivity contribution in [2.45, 2.75) is 52.1 Å². The predicted molar refractivity (Wildman–Crippen MR) is 126 cm³/mol. The molecular formula is C26H35NO3S. The Kier molecular flexibility index (Phi) is 6.57. The van der Waals surface area contributed by atoms with Crippen molar-refractivity contribution in [1.29, 1.82) is 0 Å². The lowest BCUT2D eigenvalue weighted by Gasteiger charge is -2.60.